The van der Waals surface area contributed by atoms with E-state index in [0.717, 1.165) is 77.7 Å². The molecule has 0 radical (unpaired) electrons. The van der Waals surface area contributed by atoms with Gasteiger partial charge in [0, 0.05) is 88.4 Å². The Balaban J connectivity index is 1.45. The van der Waals surface area contributed by atoms with E-state index in [1.807, 2.05) is 54.6 Å². The van der Waals surface area contributed by atoms with E-state index >= 15 is 0 Å². The molecule has 2 aromatic carbocycles. The van der Waals surface area contributed by atoms with Gasteiger partial charge in [-0.05, 0) is 34.1 Å². The highest BCUT2D eigenvalue weighted by Gasteiger charge is 2.23. The summed E-state index contributed by atoms with van der Waals surface area (Å²) in [5.74, 6) is 1.78. The third-order valence-corrected chi connectivity index (χ3v) is 8.05. The lowest BCUT2D eigenvalue weighted by molar-refractivity contribution is 0.144. The second kappa shape index (κ2) is 14.1. The van der Waals surface area contributed by atoms with Crippen molar-refractivity contribution in [3.63, 3.8) is 0 Å². The maximum atomic E-state index is 5.88. The van der Waals surface area contributed by atoms with E-state index in [2.05, 4.69) is 63.3 Å². The number of nitrogens with zero attached hydrogens (tertiary/aromatic N) is 6. The van der Waals surface area contributed by atoms with Gasteiger partial charge in [0.25, 0.3) is 0 Å². The van der Waals surface area contributed by atoms with Crippen LogP contribution in [0.4, 0.5) is 34.5 Å². The molecular formula is C29H36BrN9O2S. The van der Waals surface area contributed by atoms with Crippen molar-refractivity contribution >= 4 is 62.4 Å². The third kappa shape index (κ3) is 7.09. The molecule has 2 aromatic heterocycles. The Kier molecular flexibility index (Phi) is 10.1. The minimum Gasteiger partial charge on any atom is -0.494 e. The van der Waals surface area contributed by atoms with Crippen LogP contribution in [0.3, 0.4) is 0 Å². The molecule has 0 bridgehead atoms. The van der Waals surface area contributed by atoms with Crippen molar-refractivity contribution in [1.29, 1.82) is 0 Å². The summed E-state index contributed by atoms with van der Waals surface area (Å²) in [6.07, 6.45) is 7.64. The second-order valence-electron chi connectivity index (χ2n) is 9.79. The van der Waals surface area contributed by atoms with Crippen LogP contribution >= 0.6 is 27.9 Å². The molecule has 0 atom stereocenters. The minimum absolute atomic E-state index is 0.436. The maximum absolute atomic E-state index is 5.88. The number of ether oxygens (including phenoxy) is 2. The van der Waals surface area contributed by atoms with Crippen LogP contribution in [0.5, 0.6) is 5.75 Å². The molecule has 0 amide bonds. The number of piperazine rings is 1. The number of hydrogen-bond donors (Lipinski definition) is 3. The Morgan fingerprint density at radius 3 is 2.48 bits per heavy atom. The number of para-hydroxylation sites is 2. The Bertz CT molecular complexity index is 1490. The number of rotatable bonds is 12. The van der Waals surface area contributed by atoms with Crippen LogP contribution in [0.15, 0.2) is 59.5 Å². The predicted molar refractivity (Wildman–Crippen MR) is 176 cm³/mol. The fourth-order valence-corrected chi connectivity index (χ4v) is 5.56. The SMILES string of the molecule is COCCN1CCN(c2cc(OC)c(Nc3ncc(Br)c(Nc4ccccc4NSC)n3)cc2-c2cnn(C)c2)CC1. The molecule has 5 rings (SSSR count). The van der Waals surface area contributed by atoms with Crippen LogP contribution in [0, 0.1) is 0 Å². The smallest absolute Gasteiger partial charge is 0.229 e. The zero-order chi connectivity index (χ0) is 29.5. The lowest BCUT2D eigenvalue weighted by Gasteiger charge is -2.37. The predicted octanol–water partition coefficient (Wildman–Crippen LogP) is 5.59. The van der Waals surface area contributed by atoms with Gasteiger partial charge in [0.1, 0.15) is 11.6 Å². The summed E-state index contributed by atoms with van der Waals surface area (Å²) >= 11 is 5.12. The van der Waals surface area contributed by atoms with Gasteiger partial charge in [-0.1, -0.05) is 24.1 Å². The van der Waals surface area contributed by atoms with Gasteiger partial charge in [-0.15, -0.1) is 0 Å². The Morgan fingerprint density at radius 1 is 1.00 bits per heavy atom. The number of aryl methyl sites for hydroxylation is 1. The average molecular weight is 655 g/mol. The Hall–Kier alpha value is -3.52. The van der Waals surface area contributed by atoms with Crippen LogP contribution in [-0.4, -0.2) is 84.5 Å². The van der Waals surface area contributed by atoms with Crippen LogP contribution < -0.4 is 25.0 Å². The van der Waals surface area contributed by atoms with Crippen molar-refractivity contribution < 1.29 is 9.47 Å². The van der Waals surface area contributed by atoms with Gasteiger partial charge in [-0.2, -0.15) is 10.1 Å². The highest BCUT2D eigenvalue weighted by Crippen LogP contribution is 2.41. The molecule has 42 heavy (non-hydrogen) atoms. The Labute approximate surface area is 259 Å². The van der Waals surface area contributed by atoms with Crippen LogP contribution in [-0.2, 0) is 11.8 Å². The fourth-order valence-electron chi connectivity index (χ4n) is 4.88. The van der Waals surface area contributed by atoms with E-state index in [9.17, 15) is 0 Å². The first-order chi connectivity index (χ1) is 20.5. The van der Waals surface area contributed by atoms with Gasteiger partial charge in [-0.3, -0.25) is 9.58 Å². The largest absolute Gasteiger partial charge is 0.494 e. The van der Waals surface area contributed by atoms with Gasteiger partial charge < -0.3 is 29.7 Å². The van der Waals surface area contributed by atoms with Crippen LogP contribution in [0.2, 0.25) is 0 Å². The van der Waals surface area contributed by atoms with E-state index in [1.54, 1.807) is 20.4 Å². The number of benzene rings is 2. The zero-order valence-corrected chi connectivity index (χ0v) is 26.6. The van der Waals surface area contributed by atoms with E-state index in [1.165, 1.54) is 11.9 Å². The molecule has 1 fully saturated rings. The lowest BCUT2D eigenvalue weighted by atomic mass is 10.0. The topological polar surface area (TPSA) is 105 Å². The van der Waals surface area contributed by atoms with Crippen LogP contribution in [0.25, 0.3) is 11.1 Å². The molecule has 0 aliphatic carbocycles. The first-order valence-corrected chi connectivity index (χ1v) is 15.6. The third-order valence-electron chi connectivity index (χ3n) is 7.04. The molecule has 1 saturated heterocycles. The quantitative estimate of drug-likeness (QED) is 0.167. The molecule has 11 nitrogen and oxygen atoms in total. The average Bonchev–Trinajstić information content (AvgIpc) is 3.45. The second-order valence-corrected chi connectivity index (χ2v) is 11.3. The maximum Gasteiger partial charge on any atom is 0.229 e. The van der Waals surface area contributed by atoms with Crippen molar-refractivity contribution in [3.8, 4) is 16.9 Å². The fraction of sp³-hybridized carbons (Fsp3) is 0.345. The number of hydrogen-bond acceptors (Lipinski definition) is 11. The molecule has 3 N–H and O–H groups in total. The lowest BCUT2D eigenvalue weighted by Crippen LogP contribution is -2.47. The molecule has 0 unspecified atom stereocenters. The summed E-state index contributed by atoms with van der Waals surface area (Å²) < 4.78 is 17.0. The molecule has 13 heteroatoms. The van der Waals surface area contributed by atoms with Crippen molar-refractivity contribution in [1.82, 2.24) is 24.6 Å². The van der Waals surface area contributed by atoms with Gasteiger partial charge >= 0.3 is 0 Å². The summed E-state index contributed by atoms with van der Waals surface area (Å²) in [6, 6.07) is 12.2. The van der Waals surface area contributed by atoms with Gasteiger partial charge in [-0.25, -0.2) is 4.98 Å². The summed E-state index contributed by atoms with van der Waals surface area (Å²) in [4.78, 5) is 14.2. The monoisotopic (exact) mass is 653 g/mol. The molecule has 1 aliphatic rings. The first kappa shape index (κ1) is 30.0. The molecule has 222 valence electrons. The molecule has 4 aromatic rings. The standard InChI is InChI=1S/C29H36BrN9O2S/c1-37-19-20(17-32-37)21-15-25(27(41-3)16-26(21)39-11-9-38(10-12-39)13-14-40-2)34-29-31-18-22(30)28(35-29)33-23-7-5-6-8-24(23)36-42-4/h5-8,15-19,36H,9-14H2,1-4H3,(H2,31,33,34,35). The van der Waals surface area contributed by atoms with E-state index in [4.69, 9.17) is 14.5 Å². The molecule has 1 aliphatic heterocycles. The molecule has 0 spiro atoms. The minimum atomic E-state index is 0.436. The van der Waals surface area contributed by atoms with Gasteiger partial charge in [0.05, 0.1) is 41.4 Å². The number of halogens is 1. The van der Waals surface area contributed by atoms with Gasteiger partial charge in [0.2, 0.25) is 5.95 Å². The van der Waals surface area contributed by atoms with Crippen LogP contribution in [0.1, 0.15) is 0 Å². The molecule has 3 heterocycles. The van der Waals surface area contributed by atoms with Gasteiger partial charge in [0.15, 0.2) is 0 Å². The number of methoxy groups -OCH3 is 2. The highest BCUT2D eigenvalue weighted by atomic mass is 79.9. The summed E-state index contributed by atoms with van der Waals surface area (Å²) in [6.45, 7) is 5.43. The molecule has 0 saturated carbocycles. The van der Waals surface area contributed by atoms with E-state index in [0.29, 0.717) is 17.5 Å². The molecular weight excluding hydrogens is 618 g/mol. The van der Waals surface area contributed by atoms with Crippen molar-refractivity contribution in [2.45, 2.75) is 0 Å². The number of nitrogens with one attached hydrogen (secondary N) is 3. The normalized spacial score (nSPS) is 13.7. The first-order valence-electron chi connectivity index (χ1n) is 13.6. The Morgan fingerprint density at radius 2 is 1.79 bits per heavy atom. The number of anilines is 6. The zero-order valence-electron chi connectivity index (χ0n) is 24.2. The van der Waals surface area contributed by atoms with E-state index < -0.39 is 0 Å². The van der Waals surface area contributed by atoms with Crippen molar-refractivity contribution in [2.24, 2.45) is 7.05 Å². The van der Waals surface area contributed by atoms with E-state index in [-0.39, 0.29) is 0 Å². The van der Waals surface area contributed by atoms with Crippen molar-refractivity contribution in [2.75, 3.05) is 80.1 Å². The summed E-state index contributed by atoms with van der Waals surface area (Å²) in [7, 11) is 5.36. The summed E-state index contributed by atoms with van der Waals surface area (Å²) in [5.41, 5.74) is 5.81. The highest BCUT2D eigenvalue weighted by molar-refractivity contribution is 9.10. The number of aromatic nitrogens is 4. The van der Waals surface area contributed by atoms with Crippen molar-refractivity contribution in [3.05, 3.63) is 59.5 Å². The summed E-state index contributed by atoms with van der Waals surface area (Å²) in [5, 5.41) is 11.3.